The Bertz CT molecular complexity index is 452. The lowest BCUT2D eigenvalue weighted by Crippen LogP contribution is -2.19. The molecule has 1 N–H and O–H groups in total. The van der Waals surface area contributed by atoms with E-state index in [1.54, 1.807) is 25.1 Å². The molecule has 0 aliphatic rings. The minimum absolute atomic E-state index is 0.439. The summed E-state index contributed by atoms with van der Waals surface area (Å²) in [4.78, 5) is 1.84. The molecule has 0 spiro atoms. The number of aliphatic hydroxyl groups is 1. The Morgan fingerprint density at radius 3 is 2.75 bits per heavy atom. The quantitative estimate of drug-likeness (QED) is 0.779. The van der Waals surface area contributed by atoms with Crippen molar-refractivity contribution >= 4 is 5.69 Å². The summed E-state index contributed by atoms with van der Waals surface area (Å²) in [5.41, 5.74) is 2.13. The summed E-state index contributed by atoms with van der Waals surface area (Å²) in [5.74, 6) is 2.53. The highest BCUT2D eigenvalue weighted by Gasteiger charge is 2.11. The average Bonchev–Trinajstić information content (AvgIpc) is 2.28. The van der Waals surface area contributed by atoms with Crippen molar-refractivity contribution in [3.05, 3.63) is 29.3 Å². The molecule has 3 nitrogen and oxygen atoms in total. The van der Waals surface area contributed by atoms with Crippen molar-refractivity contribution in [2.24, 2.45) is 0 Å². The van der Waals surface area contributed by atoms with E-state index in [4.69, 9.17) is 11.7 Å². The van der Waals surface area contributed by atoms with Gasteiger partial charge < -0.3 is 10.0 Å². The van der Waals surface area contributed by atoms with Crippen molar-refractivity contribution in [2.45, 2.75) is 13.0 Å². The Hall–Kier alpha value is -1.97. The normalized spacial score (nSPS) is 11.3. The van der Waals surface area contributed by atoms with E-state index in [1.807, 2.05) is 11.9 Å². The van der Waals surface area contributed by atoms with E-state index in [0.29, 0.717) is 12.1 Å². The third-order valence-corrected chi connectivity index (χ3v) is 2.35. The average molecular weight is 214 g/mol. The van der Waals surface area contributed by atoms with Crippen LogP contribution >= 0.6 is 0 Å². The first-order chi connectivity index (χ1) is 7.60. The number of nitriles is 1. The Labute approximate surface area is 95.9 Å². The van der Waals surface area contributed by atoms with Crippen molar-refractivity contribution in [2.75, 3.05) is 18.5 Å². The van der Waals surface area contributed by atoms with Crippen molar-refractivity contribution in [1.29, 1.82) is 5.26 Å². The van der Waals surface area contributed by atoms with Gasteiger partial charge in [-0.15, -0.1) is 6.42 Å². The molecule has 16 heavy (non-hydrogen) atoms. The van der Waals surface area contributed by atoms with Crippen LogP contribution in [0.25, 0.3) is 0 Å². The number of hydrogen-bond donors (Lipinski definition) is 1. The third kappa shape index (κ3) is 2.53. The lowest BCUT2D eigenvalue weighted by molar-refractivity contribution is 0.199. The molecule has 0 aliphatic carbocycles. The lowest BCUT2D eigenvalue weighted by Gasteiger charge is -2.21. The van der Waals surface area contributed by atoms with E-state index in [-0.39, 0.29) is 0 Å². The monoisotopic (exact) mass is 214 g/mol. The molecule has 0 aliphatic heterocycles. The van der Waals surface area contributed by atoms with Gasteiger partial charge >= 0.3 is 0 Å². The first-order valence-corrected chi connectivity index (χ1v) is 4.97. The van der Waals surface area contributed by atoms with Gasteiger partial charge in [-0.3, -0.25) is 0 Å². The van der Waals surface area contributed by atoms with Crippen LogP contribution in [0.1, 0.15) is 24.2 Å². The fourth-order valence-electron chi connectivity index (χ4n) is 1.52. The first-order valence-electron chi connectivity index (χ1n) is 4.97. The summed E-state index contributed by atoms with van der Waals surface area (Å²) in [6.45, 7) is 2.13. The number of terminal acetylenes is 1. The van der Waals surface area contributed by atoms with Crippen LogP contribution in [0.15, 0.2) is 18.2 Å². The van der Waals surface area contributed by atoms with Crippen molar-refractivity contribution in [3.63, 3.8) is 0 Å². The molecule has 0 bridgehead atoms. The lowest BCUT2D eigenvalue weighted by atomic mass is 10.0. The van der Waals surface area contributed by atoms with E-state index in [9.17, 15) is 5.11 Å². The molecule has 0 saturated heterocycles. The second-order valence-electron chi connectivity index (χ2n) is 3.62. The predicted molar refractivity (Wildman–Crippen MR) is 63.9 cm³/mol. The zero-order chi connectivity index (χ0) is 12.1. The van der Waals surface area contributed by atoms with Crippen LogP contribution in [-0.4, -0.2) is 18.7 Å². The van der Waals surface area contributed by atoms with E-state index in [1.165, 1.54) is 0 Å². The third-order valence-electron chi connectivity index (χ3n) is 2.35. The molecule has 0 amide bonds. The van der Waals surface area contributed by atoms with Gasteiger partial charge in [0.1, 0.15) is 0 Å². The SMILES string of the molecule is C#CCN(C)c1cc(C#N)ccc1[C@H](C)O. The maximum Gasteiger partial charge on any atom is 0.0992 e. The van der Waals surface area contributed by atoms with Gasteiger partial charge in [-0.05, 0) is 19.1 Å². The molecule has 1 atom stereocenters. The maximum atomic E-state index is 9.62. The Balaban J connectivity index is 3.22. The number of rotatable bonds is 3. The second-order valence-corrected chi connectivity index (χ2v) is 3.62. The van der Waals surface area contributed by atoms with Crippen molar-refractivity contribution in [3.8, 4) is 18.4 Å². The standard InChI is InChI=1S/C13H14N2O/c1-4-7-15(3)13-8-11(9-14)5-6-12(13)10(2)16/h1,5-6,8,10,16H,7H2,2-3H3/t10-/m0/s1. The zero-order valence-corrected chi connectivity index (χ0v) is 9.44. The van der Waals surface area contributed by atoms with Crippen molar-refractivity contribution in [1.82, 2.24) is 0 Å². The molecule has 1 rings (SSSR count). The van der Waals surface area contributed by atoms with Crippen LogP contribution in [0, 0.1) is 23.7 Å². The van der Waals surface area contributed by atoms with Gasteiger partial charge in [0.05, 0.1) is 24.3 Å². The predicted octanol–water partition coefficient (Wildman–Crippen LogP) is 1.68. The number of aliphatic hydroxyl groups excluding tert-OH is 1. The van der Waals surface area contributed by atoms with Gasteiger partial charge in [-0.25, -0.2) is 0 Å². The minimum Gasteiger partial charge on any atom is -0.389 e. The largest absolute Gasteiger partial charge is 0.389 e. The fraction of sp³-hybridized carbons (Fsp3) is 0.308. The maximum absolute atomic E-state index is 9.62. The molecule has 0 radical (unpaired) electrons. The van der Waals surface area contributed by atoms with Crippen LogP contribution < -0.4 is 4.90 Å². The summed E-state index contributed by atoms with van der Waals surface area (Å²) in [7, 11) is 1.84. The summed E-state index contributed by atoms with van der Waals surface area (Å²) >= 11 is 0. The number of nitrogens with zero attached hydrogens (tertiary/aromatic N) is 2. The van der Waals surface area contributed by atoms with Crippen LogP contribution in [0.5, 0.6) is 0 Å². The Morgan fingerprint density at radius 2 is 2.25 bits per heavy atom. The summed E-state index contributed by atoms with van der Waals surface area (Å²) in [6, 6.07) is 7.25. The minimum atomic E-state index is -0.581. The highest BCUT2D eigenvalue weighted by atomic mass is 16.3. The van der Waals surface area contributed by atoms with Gasteiger partial charge in [-0.2, -0.15) is 5.26 Å². The number of hydrogen-bond acceptors (Lipinski definition) is 3. The van der Waals surface area contributed by atoms with E-state index >= 15 is 0 Å². The van der Waals surface area contributed by atoms with Crippen molar-refractivity contribution < 1.29 is 5.11 Å². The molecule has 82 valence electrons. The highest BCUT2D eigenvalue weighted by Crippen LogP contribution is 2.26. The summed E-state index contributed by atoms with van der Waals surface area (Å²) in [6.07, 6.45) is 4.66. The molecular weight excluding hydrogens is 200 g/mol. The van der Waals surface area contributed by atoms with Gasteiger partial charge in [0.2, 0.25) is 0 Å². The Morgan fingerprint density at radius 1 is 1.56 bits per heavy atom. The van der Waals surface area contributed by atoms with Gasteiger partial charge in [0.15, 0.2) is 0 Å². The van der Waals surface area contributed by atoms with Crippen LogP contribution in [0.3, 0.4) is 0 Å². The smallest absolute Gasteiger partial charge is 0.0992 e. The number of benzene rings is 1. The van der Waals surface area contributed by atoms with E-state index in [0.717, 1.165) is 11.3 Å². The van der Waals surface area contributed by atoms with Gasteiger partial charge in [0.25, 0.3) is 0 Å². The summed E-state index contributed by atoms with van der Waals surface area (Å²) < 4.78 is 0. The fourth-order valence-corrected chi connectivity index (χ4v) is 1.52. The van der Waals surface area contributed by atoms with E-state index in [2.05, 4.69) is 12.0 Å². The molecule has 0 heterocycles. The first kappa shape index (κ1) is 12.1. The molecule has 1 aromatic rings. The molecule has 0 unspecified atom stereocenters. The molecule has 0 aromatic heterocycles. The van der Waals surface area contributed by atoms with Crippen LogP contribution in [0.2, 0.25) is 0 Å². The topological polar surface area (TPSA) is 47.3 Å². The Kier molecular flexibility index (Phi) is 3.94. The number of anilines is 1. The molecule has 3 heteroatoms. The highest BCUT2D eigenvalue weighted by molar-refractivity contribution is 5.58. The van der Waals surface area contributed by atoms with Gasteiger partial charge in [-0.1, -0.05) is 12.0 Å². The molecule has 0 fully saturated rings. The molecule has 0 saturated carbocycles. The zero-order valence-electron chi connectivity index (χ0n) is 9.44. The van der Waals surface area contributed by atoms with Crippen LogP contribution in [-0.2, 0) is 0 Å². The van der Waals surface area contributed by atoms with Gasteiger partial charge in [0, 0.05) is 18.3 Å². The van der Waals surface area contributed by atoms with Crippen LogP contribution in [0.4, 0.5) is 5.69 Å². The molecule has 1 aromatic carbocycles. The van der Waals surface area contributed by atoms with E-state index < -0.39 is 6.10 Å². The molecular formula is C13H14N2O. The summed E-state index contributed by atoms with van der Waals surface area (Å²) in [5, 5.41) is 18.5. The second kappa shape index (κ2) is 5.21.